The van der Waals surface area contributed by atoms with Gasteiger partial charge in [-0.2, -0.15) is 0 Å². The van der Waals surface area contributed by atoms with Crippen molar-refractivity contribution in [1.82, 2.24) is 16.0 Å². The maximum absolute atomic E-state index is 11.6. The van der Waals surface area contributed by atoms with Crippen molar-refractivity contribution >= 4 is 11.9 Å². The number of carbonyl (C=O) groups is 1. The zero-order valence-electron chi connectivity index (χ0n) is 16.0. The molecule has 1 aromatic carbocycles. The van der Waals surface area contributed by atoms with E-state index in [-0.39, 0.29) is 12.5 Å². The Balaban J connectivity index is 1.62. The van der Waals surface area contributed by atoms with Crippen molar-refractivity contribution in [2.45, 2.75) is 51.5 Å². The number of unbranched alkanes of at least 4 members (excludes halogenated alkanes) is 2. The van der Waals surface area contributed by atoms with Crippen LogP contribution in [0.25, 0.3) is 0 Å². The first-order valence-corrected chi connectivity index (χ1v) is 9.67. The molecule has 26 heavy (non-hydrogen) atoms. The molecule has 1 amide bonds. The molecular weight excluding hydrogens is 328 g/mol. The first-order chi connectivity index (χ1) is 12.7. The molecule has 1 aromatic rings. The van der Waals surface area contributed by atoms with Crippen molar-refractivity contribution < 1.29 is 9.53 Å². The minimum Gasteiger partial charge on any atom is -0.484 e. The number of nitrogens with one attached hydrogen (secondary N) is 3. The summed E-state index contributed by atoms with van der Waals surface area (Å²) in [6, 6.07) is 8.27. The SMILES string of the molecule is CCCCCNC(=NC)NCCc1ccc(OCC(=O)NC2CC2)cc1. The molecule has 0 heterocycles. The van der Waals surface area contributed by atoms with Crippen LogP contribution in [0.15, 0.2) is 29.3 Å². The highest BCUT2D eigenvalue weighted by Crippen LogP contribution is 2.18. The van der Waals surface area contributed by atoms with Gasteiger partial charge in [-0.15, -0.1) is 0 Å². The highest BCUT2D eigenvalue weighted by molar-refractivity contribution is 5.79. The molecule has 0 radical (unpaired) electrons. The summed E-state index contributed by atoms with van der Waals surface area (Å²) in [5.74, 6) is 1.53. The molecule has 0 aliphatic heterocycles. The molecule has 3 N–H and O–H groups in total. The Kier molecular flexibility index (Phi) is 8.79. The number of benzene rings is 1. The number of aliphatic imine (C=N–C) groups is 1. The molecule has 6 heteroatoms. The van der Waals surface area contributed by atoms with E-state index in [0.29, 0.717) is 6.04 Å². The van der Waals surface area contributed by atoms with E-state index in [0.717, 1.165) is 50.5 Å². The van der Waals surface area contributed by atoms with Gasteiger partial charge >= 0.3 is 0 Å². The molecule has 6 nitrogen and oxygen atoms in total. The van der Waals surface area contributed by atoms with Gasteiger partial charge in [0.05, 0.1) is 0 Å². The lowest BCUT2D eigenvalue weighted by atomic mass is 10.1. The Labute approximate surface area is 156 Å². The summed E-state index contributed by atoms with van der Waals surface area (Å²) in [5.41, 5.74) is 1.22. The van der Waals surface area contributed by atoms with E-state index in [1.807, 2.05) is 24.3 Å². The summed E-state index contributed by atoms with van der Waals surface area (Å²) in [4.78, 5) is 15.9. The summed E-state index contributed by atoms with van der Waals surface area (Å²) in [6.45, 7) is 4.05. The molecule has 1 aliphatic rings. The lowest BCUT2D eigenvalue weighted by molar-refractivity contribution is -0.123. The molecule has 0 spiro atoms. The molecule has 2 rings (SSSR count). The van der Waals surface area contributed by atoms with Gasteiger partial charge in [0, 0.05) is 26.2 Å². The van der Waals surface area contributed by atoms with Crippen LogP contribution in [0.5, 0.6) is 5.75 Å². The fourth-order valence-corrected chi connectivity index (χ4v) is 2.53. The van der Waals surface area contributed by atoms with E-state index >= 15 is 0 Å². The third kappa shape index (κ3) is 8.23. The van der Waals surface area contributed by atoms with Crippen molar-refractivity contribution in [3.05, 3.63) is 29.8 Å². The van der Waals surface area contributed by atoms with Gasteiger partial charge in [-0.25, -0.2) is 0 Å². The molecule has 0 atom stereocenters. The number of nitrogens with zero attached hydrogens (tertiary/aromatic N) is 1. The Morgan fingerprint density at radius 1 is 1.15 bits per heavy atom. The molecule has 0 aromatic heterocycles. The van der Waals surface area contributed by atoms with E-state index < -0.39 is 0 Å². The van der Waals surface area contributed by atoms with Crippen LogP contribution in [0.2, 0.25) is 0 Å². The molecule has 144 valence electrons. The average Bonchev–Trinajstić information content (AvgIpc) is 3.47. The van der Waals surface area contributed by atoms with Crippen LogP contribution in [0, 0.1) is 0 Å². The quantitative estimate of drug-likeness (QED) is 0.321. The van der Waals surface area contributed by atoms with Crippen LogP contribution in [0.4, 0.5) is 0 Å². The number of hydrogen-bond donors (Lipinski definition) is 3. The maximum Gasteiger partial charge on any atom is 0.258 e. The zero-order chi connectivity index (χ0) is 18.6. The smallest absolute Gasteiger partial charge is 0.258 e. The maximum atomic E-state index is 11.6. The summed E-state index contributed by atoms with van der Waals surface area (Å²) in [7, 11) is 1.79. The monoisotopic (exact) mass is 360 g/mol. The number of ether oxygens (including phenoxy) is 1. The van der Waals surface area contributed by atoms with Gasteiger partial charge in [0.1, 0.15) is 5.75 Å². The number of amides is 1. The van der Waals surface area contributed by atoms with Crippen molar-refractivity contribution in [2.75, 3.05) is 26.7 Å². The number of hydrogen-bond acceptors (Lipinski definition) is 3. The Hall–Kier alpha value is -2.24. The van der Waals surface area contributed by atoms with Crippen LogP contribution >= 0.6 is 0 Å². The molecule has 0 bridgehead atoms. The molecule has 1 fully saturated rings. The Morgan fingerprint density at radius 3 is 2.54 bits per heavy atom. The summed E-state index contributed by atoms with van der Waals surface area (Å²) in [5, 5.41) is 9.57. The first-order valence-electron chi connectivity index (χ1n) is 9.67. The Bertz CT molecular complexity index is 568. The average molecular weight is 361 g/mol. The highest BCUT2D eigenvalue weighted by atomic mass is 16.5. The van der Waals surface area contributed by atoms with Crippen molar-refractivity contribution in [2.24, 2.45) is 4.99 Å². The molecule has 1 aliphatic carbocycles. The lowest BCUT2D eigenvalue weighted by Crippen LogP contribution is -2.38. The van der Waals surface area contributed by atoms with Crippen LogP contribution in [0.3, 0.4) is 0 Å². The van der Waals surface area contributed by atoms with E-state index in [2.05, 4.69) is 27.9 Å². The van der Waals surface area contributed by atoms with Crippen LogP contribution < -0.4 is 20.7 Å². The van der Waals surface area contributed by atoms with Gasteiger partial charge in [0.25, 0.3) is 5.91 Å². The number of carbonyl (C=O) groups excluding carboxylic acids is 1. The van der Waals surface area contributed by atoms with Gasteiger partial charge in [0.2, 0.25) is 0 Å². The second-order valence-corrected chi connectivity index (χ2v) is 6.66. The second-order valence-electron chi connectivity index (χ2n) is 6.66. The van der Waals surface area contributed by atoms with Gasteiger partial charge in [-0.05, 0) is 43.4 Å². The number of guanidine groups is 1. The molecule has 1 saturated carbocycles. The van der Waals surface area contributed by atoms with Gasteiger partial charge in [-0.3, -0.25) is 9.79 Å². The Morgan fingerprint density at radius 2 is 1.88 bits per heavy atom. The highest BCUT2D eigenvalue weighted by Gasteiger charge is 2.23. The third-order valence-electron chi connectivity index (χ3n) is 4.24. The summed E-state index contributed by atoms with van der Waals surface area (Å²) < 4.78 is 5.52. The van der Waals surface area contributed by atoms with Crippen LogP contribution in [-0.2, 0) is 11.2 Å². The topological polar surface area (TPSA) is 74.8 Å². The fourth-order valence-electron chi connectivity index (χ4n) is 2.53. The lowest BCUT2D eigenvalue weighted by Gasteiger charge is -2.12. The van der Waals surface area contributed by atoms with Gasteiger partial charge < -0.3 is 20.7 Å². The summed E-state index contributed by atoms with van der Waals surface area (Å²) >= 11 is 0. The van der Waals surface area contributed by atoms with E-state index in [9.17, 15) is 4.79 Å². The standard InChI is InChI=1S/C20H32N4O2/c1-3-4-5-13-22-20(21-2)23-14-12-16-6-10-18(11-7-16)26-15-19(25)24-17-8-9-17/h6-7,10-11,17H,3-5,8-9,12-15H2,1-2H3,(H,24,25)(H2,21,22,23). The van der Waals surface area contributed by atoms with Crippen LogP contribution in [-0.4, -0.2) is 44.7 Å². The van der Waals surface area contributed by atoms with Gasteiger partial charge in [0.15, 0.2) is 12.6 Å². The van der Waals surface area contributed by atoms with Crippen molar-refractivity contribution in [3.8, 4) is 5.75 Å². The number of rotatable bonds is 11. The fraction of sp³-hybridized carbons (Fsp3) is 0.600. The summed E-state index contributed by atoms with van der Waals surface area (Å²) in [6.07, 6.45) is 6.70. The van der Waals surface area contributed by atoms with E-state index in [1.54, 1.807) is 7.05 Å². The first kappa shape index (κ1) is 20.1. The predicted molar refractivity (Wildman–Crippen MR) is 106 cm³/mol. The molecule has 0 unspecified atom stereocenters. The van der Waals surface area contributed by atoms with Crippen LogP contribution in [0.1, 0.15) is 44.6 Å². The minimum atomic E-state index is -0.0430. The molecule has 0 saturated heterocycles. The van der Waals surface area contributed by atoms with Crippen molar-refractivity contribution in [1.29, 1.82) is 0 Å². The zero-order valence-corrected chi connectivity index (χ0v) is 16.0. The van der Waals surface area contributed by atoms with Gasteiger partial charge in [-0.1, -0.05) is 31.9 Å². The largest absolute Gasteiger partial charge is 0.484 e. The molecular formula is C20H32N4O2. The second kappa shape index (κ2) is 11.4. The van der Waals surface area contributed by atoms with E-state index in [1.165, 1.54) is 18.4 Å². The van der Waals surface area contributed by atoms with Crippen molar-refractivity contribution in [3.63, 3.8) is 0 Å². The van der Waals surface area contributed by atoms with E-state index in [4.69, 9.17) is 4.74 Å². The predicted octanol–water partition coefficient (Wildman–Crippen LogP) is 2.24. The third-order valence-corrected chi connectivity index (χ3v) is 4.24. The minimum absolute atomic E-state index is 0.0430. The normalized spacial score (nSPS) is 14.0.